The highest BCUT2D eigenvalue weighted by atomic mass is 32.1. The summed E-state index contributed by atoms with van der Waals surface area (Å²) in [7, 11) is 1.55. The second kappa shape index (κ2) is 6.59. The van der Waals surface area contributed by atoms with E-state index in [1.807, 2.05) is 0 Å². The first-order valence-electron chi connectivity index (χ1n) is 5.99. The Labute approximate surface area is 136 Å². The summed E-state index contributed by atoms with van der Waals surface area (Å²) in [6.45, 7) is 0. The molecule has 1 unspecified atom stereocenters. The van der Waals surface area contributed by atoms with E-state index in [0.29, 0.717) is 16.1 Å². The van der Waals surface area contributed by atoms with Crippen LogP contribution in [0.5, 0.6) is 0 Å². The van der Waals surface area contributed by atoms with Crippen molar-refractivity contribution in [1.29, 1.82) is 0 Å². The van der Waals surface area contributed by atoms with Gasteiger partial charge in [0.1, 0.15) is 5.01 Å². The van der Waals surface area contributed by atoms with Gasteiger partial charge in [-0.2, -0.15) is 0 Å². The molecular formula is C13H12N2O3S3. The maximum absolute atomic E-state index is 11.6. The van der Waals surface area contributed by atoms with Crippen molar-refractivity contribution in [2.24, 2.45) is 0 Å². The van der Waals surface area contributed by atoms with Crippen LogP contribution in [-0.2, 0) is 9.59 Å². The maximum Gasteiger partial charge on any atom is 0.251 e. The quantitative estimate of drug-likeness (QED) is 0.728. The van der Waals surface area contributed by atoms with Crippen LogP contribution in [0.1, 0.15) is 27.7 Å². The third kappa shape index (κ3) is 3.63. The molecule has 8 heteroatoms. The van der Waals surface area contributed by atoms with Crippen LogP contribution in [0.3, 0.4) is 0 Å². The summed E-state index contributed by atoms with van der Waals surface area (Å²) in [4.78, 5) is 38.6. The Morgan fingerprint density at radius 2 is 2.05 bits per heavy atom. The lowest BCUT2D eigenvalue weighted by Gasteiger charge is -2.06. The first kappa shape index (κ1) is 16.0. The SMILES string of the molecule is CNC(=O)c1ccc2sc(C(CC(=O)S)C(=O)S)nc2c1. The smallest absolute Gasteiger partial charge is 0.251 e. The Morgan fingerprint density at radius 1 is 1.33 bits per heavy atom. The number of hydrogen-bond acceptors (Lipinski definition) is 5. The van der Waals surface area contributed by atoms with Gasteiger partial charge in [0.15, 0.2) is 10.2 Å². The number of amides is 1. The number of rotatable bonds is 5. The van der Waals surface area contributed by atoms with E-state index < -0.39 is 16.1 Å². The van der Waals surface area contributed by atoms with E-state index in [9.17, 15) is 14.4 Å². The van der Waals surface area contributed by atoms with Gasteiger partial charge in [-0.05, 0) is 18.2 Å². The number of benzene rings is 1. The number of thiazole rings is 1. The first-order chi connectivity index (χ1) is 9.92. The topological polar surface area (TPSA) is 76.1 Å². The number of nitrogens with zero attached hydrogens (tertiary/aromatic N) is 1. The van der Waals surface area contributed by atoms with Crippen molar-refractivity contribution in [1.82, 2.24) is 10.3 Å². The van der Waals surface area contributed by atoms with E-state index in [1.54, 1.807) is 25.2 Å². The fraction of sp³-hybridized carbons (Fsp3) is 0.231. The van der Waals surface area contributed by atoms with Gasteiger partial charge >= 0.3 is 0 Å². The van der Waals surface area contributed by atoms with Crippen molar-refractivity contribution in [3.63, 3.8) is 0 Å². The molecule has 110 valence electrons. The molecule has 0 aliphatic heterocycles. The minimum atomic E-state index is -0.709. The molecule has 1 N–H and O–H groups in total. The van der Waals surface area contributed by atoms with Crippen LogP contribution in [0.2, 0.25) is 0 Å². The molecule has 1 amide bonds. The lowest BCUT2D eigenvalue weighted by Crippen LogP contribution is -2.17. The Kier molecular flexibility index (Phi) is 5.02. The minimum Gasteiger partial charge on any atom is -0.355 e. The largest absolute Gasteiger partial charge is 0.355 e. The van der Waals surface area contributed by atoms with E-state index in [2.05, 4.69) is 35.6 Å². The monoisotopic (exact) mass is 340 g/mol. The maximum atomic E-state index is 11.6. The normalized spacial score (nSPS) is 12.1. The van der Waals surface area contributed by atoms with Gasteiger partial charge in [0.25, 0.3) is 5.91 Å². The summed E-state index contributed by atoms with van der Waals surface area (Å²) in [5.41, 5.74) is 1.10. The summed E-state index contributed by atoms with van der Waals surface area (Å²) in [5.74, 6) is -0.919. The van der Waals surface area contributed by atoms with Crippen LogP contribution in [-0.4, -0.2) is 28.2 Å². The molecule has 0 aliphatic rings. The standard InChI is InChI=1S/C13H12N2O3S3/c1-14-11(17)6-2-3-9-8(4-6)15-12(21-9)7(13(18)20)5-10(16)19/h2-4,7H,5H2,1H3,(H,14,17)(H,16,19)(H,18,20). The fourth-order valence-corrected chi connectivity index (χ4v) is 3.37. The zero-order valence-electron chi connectivity index (χ0n) is 11.0. The molecule has 21 heavy (non-hydrogen) atoms. The van der Waals surface area contributed by atoms with Crippen LogP contribution in [0, 0.1) is 0 Å². The Bertz CT molecular complexity index is 727. The average Bonchev–Trinajstić information content (AvgIpc) is 2.85. The Hall–Kier alpha value is -1.38. The molecule has 1 atom stereocenters. The van der Waals surface area contributed by atoms with Gasteiger partial charge in [-0.15, -0.1) is 36.6 Å². The molecule has 0 spiro atoms. The van der Waals surface area contributed by atoms with E-state index in [0.717, 1.165) is 4.70 Å². The highest BCUT2D eigenvalue weighted by molar-refractivity contribution is 7.97. The third-order valence-electron chi connectivity index (χ3n) is 2.87. The molecule has 1 aromatic heterocycles. The van der Waals surface area contributed by atoms with Crippen LogP contribution >= 0.6 is 36.6 Å². The van der Waals surface area contributed by atoms with Crippen LogP contribution in [0.4, 0.5) is 0 Å². The molecule has 0 saturated heterocycles. The van der Waals surface area contributed by atoms with Crippen LogP contribution in [0.15, 0.2) is 18.2 Å². The van der Waals surface area contributed by atoms with E-state index in [4.69, 9.17) is 0 Å². The second-order valence-electron chi connectivity index (χ2n) is 4.30. The van der Waals surface area contributed by atoms with Crippen molar-refractivity contribution in [3.8, 4) is 0 Å². The average molecular weight is 340 g/mol. The van der Waals surface area contributed by atoms with Gasteiger partial charge in [-0.25, -0.2) is 4.98 Å². The van der Waals surface area contributed by atoms with Gasteiger partial charge in [0.2, 0.25) is 0 Å². The fourth-order valence-electron chi connectivity index (χ4n) is 1.83. The lowest BCUT2D eigenvalue weighted by molar-refractivity contribution is -0.116. The number of nitrogens with one attached hydrogen (secondary N) is 1. The van der Waals surface area contributed by atoms with Crippen molar-refractivity contribution in [2.75, 3.05) is 7.05 Å². The van der Waals surface area contributed by atoms with E-state index >= 15 is 0 Å². The van der Waals surface area contributed by atoms with Gasteiger partial charge in [-0.1, -0.05) is 0 Å². The van der Waals surface area contributed by atoms with Gasteiger partial charge in [-0.3, -0.25) is 14.4 Å². The van der Waals surface area contributed by atoms with E-state index in [-0.39, 0.29) is 12.3 Å². The van der Waals surface area contributed by atoms with Crippen molar-refractivity contribution in [2.45, 2.75) is 12.3 Å². The Morgan fingerprint density at radius 3 is 2.62 bits per heavy atom. The van der Waals surface area contributed by atoms with Gasteiger partial charge in [0, 0.05) is 19.0 Å². The van der Waals surface area contributed by atoms with Gasteiger partial charge in [0.05, 0.1) is 16.1 Å². The van der Waals surface area contributed by atoms with Crippen LogP contribution in [0.25, 0.3) is 10.2 Å². The zero-order valence-corrected chi connectivity index (χ0v) is 13.6. The number of thiol groups is 2. The molecule has 0 saturated carbocycles. The number of carbonyl (C=O) groups excluding carboxylic acids is 3. The molecular weight excluding hydrogens is 328 g/mol. The number of carbonyl (C=O) groups is 3. The molecule has 2 aromatic rings. The van der Waals surface area contributed by atoms with Gasteiger partial charge < -0.3 is 5.32 Å². The molecule has 0 aliphatic carbocycles. The first-order valence-corrected chi connectivity index (χ1v) is 7.70. The van der Waals surface area contributed by atoms with Crippen molar-refractivity contribution >= 4 is 62.9 Å². The zero-order chi connectivity index (χ0) is 15.6. The Balaban J connectivity index is 2.43. The predicted molar refractivity (Wildman–Crippen MR) is 88.4 cm³/mol. The summed E-state index contributed by atoms with van der Waals surface area (Å²) >= 11 is 8.81. The highest BCUT2D eigenvalue weighted by Crippen LogP contribution is 2.31. The van der Waals surface area contributed by atoms with E-state index in [1.165, 1.54) is 11.3 Å². The molecule has 1 aromatic carbocycles. The molecule has 0 radical (unpaired) electrons. The lowest BCUT2D eigenvalue weighted by atomic mass is 10.1. The highest BCUT2D eigenvalue weighted by Gasteiger charge is 2.24. The third-order valence-corrected chi connectivity index (χ3v) is 4.51. The van der Waals surface area contributed by atoms with Crippen LogP contribution < -0.4 is 5.32 Å². The number of fused-ring (bicyclic) bond motifs is 1. The van der Waals surface area contributed by atoms with Crippen molar-refractivity contribution in [3.05, 3.63) is 28.8 Å². The summed E-state index contributed by atoms with van der Waals surface area (Å²) in [6, 6.07) is 5.10. The molecule has 0 fully saturated rings. The molecule has 2 rings (SSSR count). The molecule has 0 bridgehead atoms. The predicted octanol–water partition coefficient (Wildman–Crippen LogP) is 2.04. The minimum absolute atomic E-state index is 0.0480. The summed E-state index contributed by atoms with van der Waals surface area (Å²) in [5, 5.41) is 2.21. The molecule has 1 heterocycles. The van der Waals surface area contributed by atoms with Crippen molar-refractivity contribution < 1.29 is 14.4 Å². The second-order valence-corrected chi connectivity index (χ2v) is 6.30. The number of hydrogen-bond donors (Lipinski definition) is 3. The summed E-state index contributed by atoms with van der Waals surface area (Å²) in [6.07, 6.45) is -0.0480. The summed E-state index contributed by atoms with van der Waals surface area (Å²) < 4.78 is 0.837. The molecule has 5 nitrogen and oxygen atoms in total. The number of aromatic nitrogens is 1.